The summed E-state index contributed by atoms with van der Waals surface area (Å²) in [6, 6.07) is 17.2. The largest absolute Gasteiger partial charge is 0.507 e. The molecular weight excluding hydrogens is 520 g/mol. The number of hydrogen-bond donors (Lipinski definition) is 1. The lowest BCUT2D eigenvalue weighted by molar-refractivity contribution is -0.132. The van der Waals surface area contributed by atoms with Crippen molar-refractivity contribution in [1.29, 1.82) is 0 Å². The molecule has 1 atom stereocenters. The standard InChI is InChI=1S/C29H24N2O7S/c1-4-38-20-13-14-21-22(15-20)39-29(30-21)31-24(16-5-7-18(8-6-16)28(35)37-3)23(26(33)27(31)34)25(32)17-9-11-19(36-2)12-10-17/h5-15,24,32H,4H2,1-3H3. The molecule has 0 aliphatic carbocycles. The zero-order valence-electron chi connectivity index (χ0n) is 21.3. The maximum absolute atomic E-state index is 13.5. The van der Waals surface area contributed by atoms with E-state index in [4.69, 9.17) is 14.2 Å². The van der Waals surface area contributed by atoms with E-state index in [0.717, 1.165) is 4.70 Å². The zero-order chi connectivity index (χ0) is 27.7. The van der Waals surface area contributed by atoms with Crippen molar-refractivity contribution in [2.75, 3.05) is 25.7 Å². The van der Waals surface area contributed by atoms with Gasteiger partial charge < -0.3 is 19.3 Å². The highest BCUT2D eigenvalue weighted by atomic mass is 32.1. The average molecular weight is 545 g/mol. The van der Waals surface area contributed by atoms with E-state index in [-0.39, 0.29) is 16.5 Å². The van der Waals surface area contributed by atoms with Gasteiger partial charge >= 0.3 is 11.9 Å². The number of carbonyl (C=O) groups is 3. The number of fused-ring (bicyclic) bond motifs is 1. The first-order valence-corrected chi connectivity index (χ1v) is 12.8. The summed E-state index contributed by atoms with van der Waals surface area (Å²) >= 11 is 1.23. The Balaban J connectivity index is 1.67. The molecule has 0 saturated carbocycles. The van der Waals surface area contributed by atoms with Crippen LogP contribution in [0.25, 0.3) is 16.0 Å². The first kappa shape index (κ1) is 25.9. The van der Waals surface area contributed by atoms with Crippen LogP contribution in [0.3, 0.4) is 0 Å². The Morgan fingerprint density at radius 3 is 2.28 bits per heavy atom. The molecule has 10 heteroatoms. The topological polar surface area (TPSA) is 115 Å². The average Bonchev–Trinajstić information content (AvgIpc) is 3.50. The lowest BCUT2D eigenvalue weighted by Crippen LogP contribution is -2.29. The quantitative estimate of drug-likeness (QED) is 0.148. The number of ketones is 1. The van der Waals surface area contributed by atoms with Gasteiger partial charge in [-0.3, -0.25) is 14.5 Å². The van der Waals surface area contributed by atoms with Gasteiger partial charge in [0.05, 0.1) is 48.2 Å². The summed E-state index contributed by atoms with van der Waals surface area (Å²) in [6.45, 7) is 2.38. The molecule has 1 fully saturated rings. The number of anilines is 1. The maximum Gasteiger partial charge on any atom is 0.337 e. The van der Waals surface area contributed by atoms with E-state index in [1.54, 1.807) is 60.7 Å². The molecule has 0 radical (unpaired) electrons. The van der Waals surface area contributed by atoms with Crippen molar-refractivity contribution in [3.8, 4) is 11.5 Å². The lowest BCUT2D eigenvalue weighted by Gasteiger charge is -2.23. The molecule has 1 N–H and O–H groups in total. The summed E-state index contributed by atoms with van der Waals surface area (Å²) in [5.74, 6) is -1.29. The number of amides is 1. The Morgan fingerprint density at radius 2 is 1.64 bits per heavy atom. The second kappa shape index (κ2) is 10.6. The number of aliphatic hydroxyl groups is 1. The number of Topliss-reactive ketones (excluding diaryl/α,β-unsaturated/α-hetero) is 1. The SMILES string of the molecule is CCOc1ccc2nc(N3C(=O)C(=O)C(=C(O)c4ccc(OC)cc4)C3c3ccc(C(=O)OC)cc3)sc2c1. The van der Waals surface area contributed by atoms with Crippen molar-refractivity contribution < 1.29 is 33.7 Å². The van der Waals surface area contributed by atoms with Crippen LogP contribution >= 0.6 is 11.3 Å². The smallest absolute Gasteiger partial charge is 0.337 e. The van der Waals surface area contributed by atoms with Crippen LogP contribution in [0.2, 0.25) is 0 Å². The number of aromatic nitrogens is 1. The van der Waals surface area contributed by atoms with Gasteiger partial charge in [0.1, 0.15) is 17.3 Å². The second-order valence-corrected chi connectivity index (χ2v) is 9.58. The Kier molecular flexibility index (Phi) is 7.03. The highest BCUT2D eigenvalue weighted by molar-refractivity contribution is 7.22. The molecule has 1 saturated heterocycles. The molecule has 39 heavy (non-hydrogen) atoms. The van der Waals surface area contributed by atoms with E-state index in [9.17, 15) is 19.5 Å². The van der Waals surface area contributed by atoms with Crippen molar-refractivity contribution in [2.24, 2.45) is 0 Å². The number of esters is 1. The van der Waals surface area contributed by atoms with Gasteiger partial charge in [-0.05, 0) is 67.1 Å². The van der Waals surface area contributed by atoms with E-state index >= 15 is 0 Å². The number of hydrogen-bond acceptors (Lipinski definition) is 9. The predicted molar refractivity (Wildman–Crippen MR) is 146 cm³/mol. The molecule has 5 rings (SSSR count). The Bertz CT molecular complexity index is 1610. The van der Waals surface area contributed by atoms with E-state index in [1.807, 2.05) is 13.0 Å². The molecule has 3 aromatic carbocycles. The lowest BCUT2D eigenvalue weighted by atomic mass is 9.94. The first-order chi connectivity index (χ1) is 18.9. The zero-order valence-corrected chi connectivity index (χ0v) is 22.2. The summed E-state index contributed by atoms with van der Waals surface area (Å²) < 4.78 is 16.3. The number of carbonyl (C=O) groups excluding carboxylic acids is 3. The van der Waals surface area contributed by atoms with Gasteiger partial charge in [-0.1, -0.05) is 23.5 Å². The van der Waals surface area contributed by atoms with Gasteiger partial charge in [-0.15, -0.1) is 0 Å². The third kappa shape index (κ3) is 4.70. The highest BCUT2D eigenvalue weighted by Gasteiger charge is 2.48. The van der Waals surface area contributed by atoms with Crippen molar-refractivity contribution in [3.05, 3.63) is 89.0 Å². The molecule has 1 unspecified atom stereocenters. The van der Waals surface area contributed by atoms with Gasteiger partial charge in [0.25, 0.3) is 5.78 Å². The summed E-state index contributed by atoms with van der Waals surface area (Å²) in [7, 11) is 2.80. The molecule has 9 nitrogen and oxygen atoms in total. The Morgan fingerprint density at radius 1 is 0.974 bits per heavy atom. The number of nitrogens with zero attached hydrogens (tertiary/aromatic N) is 2. The van der Waals surface area contributed by atoms with Crippen LogP contribution < -0.4 is 14.4 Å². The van der Waals surface area contributed by atoms with Gasteiger partial charge in [0.2, 0.25) is 0 Å². The molecule has 4 aromatic rings. The van der Waals surface area contributed by atoms with Gasteiger partial charge in [0.15, 0.2) is 5.13 Å². The van der Waals surface area contributed by atoms with Crippen LogP contribution in [0, 0.1) is 0 Å². The molecule has 0 bridgehead atoms. The van der Waals surface area contributed by atoms with Crippen LogP contribution in [-0.4, -0.2) is 48.6 Å². The number of rotatable bonds is 7. The monoisotopic (exact) mass is 544 g/mol. The highest BCUT2D eigenvalue weighted by Crippen LogP contribution is 2.44. The van der Waals surface area contributed by atoms with E-state index in [2.05, 4.69) is 4.98 Å². The molecular formula is C29H24N2O7S. The minimum absolute atomic E-state index is 0.0924. The maximum atomic E-state index is 13.5. The van der Waals surface area contributed by atoms with Gasteiger partial charge in [-0.2, -0.15) is 0 Å². The third-order valence-electron chi connectivity index (χ3n) is 6.32. The number of ether oxygens (including phenoxy) is 3. The summed E-state index contributed by atoms with van der Waals surface area (Å²) in [5, 5.41) is 11.6. The number of benzene rings is 3. The van der Waals surface area contributed by atoms with Gasteiger partial charge in [0, 0.05) is 5.56 Å². The third-order valence-corrected chi connectivity index (χ3v) is 7.34. The summed E-state index contributed by atoms with van der Waals surface area (Å²) in [5.41, 5.74) is 1.69. The van der Waals surface area contributed by atoms with Crippen LogP contribution in [0.15, 0.2) is 72.3 Å². The predicted octanol–water partition coefficient (Wildman–Crippen LogP) is 5.12. The Hall–Kier alpha value is -4.70. The van der Waals surface area contributed by atoms with Crippen LogP contribution in [0.5, 0.6) is 11.5 Å². The van der Waals surface area contributed by atoms with E-state index in [0.29, 0.717) is 40.3 Å². The minimum Gasteiger partial charge on any atom is -0.507 e. The molecule has 1 aliphatic heterocycles. The number of aliphatic hydroxyl groups excluding tert-OH is 1. The molecule has 2 heterocycles. The number of thiazole rings is 1. The fraction of sp³-hybridized carbons (Fsp3) is 0.172. The van der Waals surface area contributed by atoms with Crippen LogP contribution in [-0.2, 0) is 14.3 Å². The molecule has 0 spiro atoms. The molecule has 1 aromatic heterocycles. The van der Waals surface area contributed by atoms with E-state index < -0.39 is 23.7 Å². The molecule has 1 amide bonds. The fourth-order valence-corrected chi connectivity index (χ4v) is 5.44. The normalized spacial score (nSPS) is 16.5. The second-order valence-electron chi connectivity index (χ2n) is 8.57. The van der Waals surface area contributed by atoms with Crippen LogP contribution in [0.4, 0.5) is 5.13 Å². The van der Waals surface area contributed by atoms with Crippen molar-refractivity contribution in [1.82, 2.24) is 4.98 Å². The molecule has 198 valence electrons. The number of methoxy groups -OCH3 is 2. The van der Waals surface area contributed by atoms with Crippen molar-refractivity contribution in [3.63, 3.8) is 0 Å². The fourth-order valence-electron chi connectivity index (χ4n) is 4.42. The van der Waals surface area contributed by atoms with Crippen molar-refractivity contribution >= 4 is 50.1 Å². The van der Waals surface area contributed by atoms with Crippen molar-refractivity contribution in [2.45, 2.75) is 13.0 Å². The van der Waals surface area contributed by atoms with E-state index in [1.165, 1.54) is 30.5 Å². The summed E-state index contributed by atoms with van der Waals surface area (Å²) in [4.78, 5) is 44.8. The molecule has 1 aliphatic rings. The van der Waals surface area contributed by atoms with Gasteiger partial charge in [-0.25, -0.2) is 9.78 Å². The Labute approximate surface area is 227 Å². The minimum atomic E-state index is -0.995. The first-order valence-electron chi connectivity index (χ1n) is 12.0. The van der Waals surface area contributed by atoms with Crippen LogP contribution in [0.1, 0.15) is 34.5 Å². The summed E-state index contributed by atoms with van der Waals surface area (Å²) in [6.07, 6.45) is 0.